The minimum absolute atomic E-state index is 0.0896. The highest BCUT2D eigenvalue weighted by Gasteiger charge is 2.55. The van der Waals surface area contributed by atoms with Crippen LogP contribution in [0.5, 0.6) is 5.75 Å². The highest BCUT2D eigenvalue weighted by molar-refractivity contribution is 6.09. The minimum Gasteiger partial charge on any atom is -0.492 e. The molecular formula is C23H32N4O4. The first-order valence-electron chi connectivity index (χ1n) is 11.3. The van der Waals surface area contributed by atoms with Gasteiger partial charge in [-0.05, 0) is 37.8 Å². The molecule has 1 saturated carbocycles. The number of carbonyl (C=O) groups is 3. The van der Waals surface area contributed by atoms with Crippen LogP contribution in [0, 0.1) is 5.92 Å². The number of para-hydroxylation sites is 2. The van der Waals surface area contributed by atoms with E-state index >= 15 is 0 Å². The van der Waals surface area contributed by atoms with Crippen molar-refractivity contribution in [2.75, 3.05) is 44.2 Å². The van der Waals surface area contributed by atoms with Gasteiger partial charge in [-0.3, -0.25) is 14.5 Å². The molecule has 1 aromatic carbocycles. The van der Waals surface area contributed by atoms with E-state index in [1.54, 1.807) is 4.90 Å². The van der Waals surface area contributed by atoms with Crippen LogP contribution in [0.2, 0.25) is 0 Å². The maximum atomic E-state index is 13.1. The summed E-state index contributed by atoms with van der Waals surface area (Å²) < 4.78 is 5.73. The van der Waals surface area contributed by atoms with E-state index in [1.807, 2.05) is 38.1 Å². The fourth-order valence-corrected chi connectivity index (χ4v) is 5.07. The Balaban J connectivity index is 1.37. The third-order valence-electron chi connectivity index (χ3n) is 6.93. The van der Waals surface area contributed by atoms with Gasteiger partial charge >= 0.3 is 6.03 Å². The summed E-state index contributed by atoms with van der Waals surface area (Å²) in [7, 11) is 0. The third kappa shape index (κ3) is 3.95. The van der Waals surface area contributed by atoms with Gasteiger partial charge in [0.1, 0.15) is 17.8 Å². The van der Waals surface area contributed by atoms with Gasteiger partial charge in [0.25, 0.3) is 5.91 Å². The standard InChI is InChI=1S/C23H32N4O4/c1-3-31-19-10-5-4-9-18(19)25-12-14-26(15-13-25)20(28)16-27-21(29)23(24-22(27)30)11-7-6-8-17(23)2/h4-5,9-10,17H,3,6-8,11-16H2,1-2H3,(H,24,30)/t17-,23-/m0/s1. The average Bonchev–Trinajstić information content (AvgIpc) is 3.01. The van der Waals surface area contributed by atoms with Crippen molar-refractivity contribution in [2.24, 2.45) is 5.92 Å². The van der Waals surface area contributed by atoms with Crippen LogP contribution in [0.1, 0.15) is 39.5 Å². The average molecular weight is 429 g/mol. The molecule has 1 spiro atoms. The lowest BCUT2D eigenvalue weighted by atomic mass is 9.73. The van der Waals surface area contributed by atoms with Crippen molar-refractivity contribution in [3.63, 3.8) is 0 Å². The normalized spacial score (nSPS) is 26.4. The van der Waals surface area contributed by atoms with Crippen LogP contribution in [0.3, 0.4) is 0 Å². The number of hydrogen-bond donors (Lipinski definition) is 1. The smallest absolute Gasteiger partial charge is 0.325 e. The molecule has 3 aliphatic rings. The van der Waals surface area contributed by atoms with Gasteiger partial charge in [-0.15, -0.1) is 0 Å². The second kappa shape index (κ2) is 8.77. The van der Waals surface area contributed by atoms with Gasteiger partial charge in [-0.25, -0.2) is 4.79 Å². The Morgan fingerprint density at radius 1 is 1.16 bits per heavy atom. The number of anilines is 1. The molecule has 4 amide bonds. The lowest BCUT2D eigenvalue weighted by Gasteiger charge is -2.38. The molecule has 1 aliphatic carbocycles. The summed E-state index contributed by atoms with van der Waals surface area (Å²) in [5, 5.41) is 2.92. The van der Waals surface area contributed by atoms with Crippen LogP contribution < -0.4 is 15.0 Å². The molecule has 0 bridgehead atoms. The van der Waals surface area contributed by atoms with Crippen LogP contribution in [0.15, 0.2) is 24.3 Å². The number of nitrogens with zero attached hydrogens (tertiary/aromatic N) is 3. The van der Waals surface area contributed by atoms with E-state index in [2.05, 4.69) is 10.2 Å². The fourth-order valence-electron chi connectivity index (χ4n) is 5.07. The molecule has 0 aromatic heterocycles. The van der Waals surface area contributed by atoms with E-state index in [-0.39, 0.29) is 24.3 Å². The first-order chi connectivity index (χ1) is 15.0. The number of nitrogens with one attached hydrogen (secondary N) is 1. The topological polar surface area (TPSA) is 82.2 Å². The Bertz CT molecular complexity index is 852. The predicted molar refractivity (Wildman–Crippen MR) is 117 cm³/mol. The summed E-state index contributed by atoms with van der Waals surface area (Å²) in [6.45, 7) is 6.84. The molecule has 31 heavy (non-hydrogen) atoms. The largest absolute Gasteiger partial charge is 0.492 e. The van der Waals surface area contributed by atoms with E-state index in [0.717, 1.165) is 35.6 Å². The maximum absolute atomic E-state index is 13.1. The number of benzene rings is 1. The predicted octanol–water partition coefficient (Wildman–Crippen LogP) is 2.23. The Morgan fingerprint density at radius 2 is 1.90 bits per heavy atom. The summed E-state index contributed by atoms with van der Waals surface area (Å²) in [4.78, 5) is 43.7. The van der Waals surface area contributed by atoms with Crippen molar-refractivity contribution in [3.8, 4) is 5.75 Å². The summed E-state index contributed by atoms with van der Waals surface area (Å²) in [5.41, 5.74) is 0.205. The number of urea groups is 1. The number of rotatable bonds is 5. The van der Waals surface area contributed by atoms with Crippen molar-refractivity contribution in [2.45, 2.75) is 45.1 Å². The van der Waals surface area contributed by atoms with Crippen LogP contribution in [-0.2, 0) is 9.59 Å². The van der Waals surface area contributed by atoms with Crippen molar-refractivity contribution in [1.82, 2.24) is 15.1 Å². The number of ether oxygens (including phenoxy) is 1. The lowest BCUT2D eigenvalue weighted by molar-refractivity contribution is -0.140. The second-order valence-electron chi connectivity index (χ2n) is 8.71. The molecular weight excluding hydrogens is 396 g/mol. The monoisotopic (exact) mass is 428 g/mol. The number of hydrogen-bond acceptors (Lipinski definition) is 5. The number of carbonyl (C=O) groups excluding carboxylic acids is 3. The molecule has 1 N–H and O–H groups in total. The summed E-state index contributed by atoms with van der Waals surface area (Å²) in [6.07, 6.45) is 3.56. The van der Waals surface area contributed by atoms with Gasteiger partial charge < -0.3 is 19.9 Å². The van der Waals surface area contributed by atoms with Gasteiger partial charge in [-0.2, -0.15) is 0 Å². The number of imide groups is 1. The van der Waals surface area contributed by atoms with E-state index < -0.39 is 11.6 Å². The first-order valence-corrected chi connectivity index (χ1v) is 11.3. The zero-order valence-corrected chi connectivity index (χ0v) is 18.4. The van der Waals surface area contributed by atoms with Crippen molar-refractivity contribution >= 4 is 23.5 Å². The second-order valence-corrected chi connectivity index (χ2v) is 8.71. The van der Waals surface area contributed by atoms with Gasteiger partial charge in [0.05, 0.1) is 12.3 Å². The molecule has 4 rings (SSSR count). The van der Waals surface area contributed by atoms with Gasteiger partial charge in [0.2, 0.25) is 5.91 Å². The molecule has 168 valence electrons. The molecule has 0 radical (unpaired) electrons. The molecule has 3 fully saturated rings. The lowest BCUT2D eigenvalue weighted by Crippen LogP contribution is -2.55. The number of amides is 4. The molecule has 8 nitrogen and oxygen atoms in total. The molecule has 2 aliphatic heterocycles. The van der Waals surface area contributed by atoms with Gasteiger partial charge in [0.15, 0.2) is 0 Å². The van der Waals surface area contributed by atoms with Gasteiger partial charge in [-0.1, -0.05) is 31.9 Å². The minimum atomic E-state index is -0.822. The quantitative estimate of drug-likeness (QED) is 0.728. The number of piperazine rings is 1. The molecule has 2 atom stereocenters. The Labute approximate surface area is 183 Å². The Hall–Kier alpha value is -2.77. The zero-order chi connectivity index (χ0) is 22.0. The Kier molecular flexibility index (Phi) is 6.07. The zero-order valence-electron chi connectivity index (χ0n) is 18.4. The van der Waals surface area contributed by atoms with E-state index in [4.69, 9.17) is 4.74 Å². The molecule has 8 heteroatoms. The first kappa shape index (κ1) is 21.5. The van der Waals surface area contributed by atoms with Crippen LogP contribution in [-0.4, -0.2) is 72.5 Å². The summed E-state index contributed by atoms with van der Waals surface area (Å²) in [5.74, 6) is 0.520. The molecule has 1 aromatic rings. The highest BCUT2D eigenvalue weighted by Crippen LogP contribution is 2.38. The van der Waals surface area contributed by atoms with Crippen molar-refractivity contribution in [1.29, 1.82) is 0 Å². The summed E-state index contributed by atoms with van der Waals surface area (Å²) >= 11 is 0. The van der Waals surface area contributed by atoms with Crippen LogP contribution in [0.4, 0.5) is 10.5 Å². The SMILES string of the molecule is CCOc1ccccc1N1CCN(C(=O)CN2C(=O)N[C@]3(CCCC[C@@H]3C)C2=O)CC1. The summed E-state index contributed by atoms with van der Waals surface area (Å²) in [6, 6.07) is 7.48. The van der Waals surface area contributed by atoms with Crippen LogP contribution >= 0.6 is 0 Å². The van der Waals surface area contributed by atoms with Crippen LogP contribution in [0.25, 0.3) is 0 Å². The third-order valence-corrected chi connectivity index (χ3v) is 6.93. The van der Waals surface area contributed by atoms with Crippen molar-refractivity contribution in [3.05, 3.63) is 24.3 Å². The molecule has 2 saturated heterocycles. The van der Waals surface area contributed by atoms with E-state index in [1.165, 1.54) is 0 Å². The molecule has 2 heterocycles. The van der Waals surface area contributed by atoms with Crippen molar-refractivity contribution < 1.29 is 19.1 Å². The van der Waals surface area contributed by atoms with Gasteiger partial charge in [0, 0.05) is 26.2 Å². The highest BCUT2D eigenvalue weighted by atomic mass is 16.5. The Morgan fingerprint density at radius 3 is 2.61 bits per heavy atom. The maximum Gasteiger partial charge on any atom is 0.325 e. The molecule has 0 unspecified atom stereocenters. The van der Waals surface area contributed by atoms with E-state index in [0.29, 0.717) is 39.2 Å². The fraction of sp³-hybridized carbons (Fsp3) is 0.609. The van der Waals surface area contributed by atoms with E-state index in [9.17, 15) is 14.4 Å².